The molecule has 0 spiro atoms. The van der Waals surface area contributed by atoms with E-state index in [0.29, 0.717) is 35.1 Å². The van der Waals surface area contributed by atoms with E-state index in [1.165, 1.54) is 10.7 Å². The maximum Gasteiger partial charge on any atom is 0.276 e. The number of benzene rings is 2. The number of aryl methyl sites for hydroxylation is 1. The molecule has 0 radical (unpaired) electrons. The van der Waals surface area contributed by atoms with Crippen LogP contribution in [0.5, 0.6) is 0 Å². The van der Waals surface area contributed by atoms with Crippen LogP contribution in [-0.2, 0) is 10.0 Å². The van der Waals surface area contributed by atoms with Crippen LogP contribution in [0.3, 0.4) is 0 Å². The fourth-order valence-corrected chi connectivity index (χ4v) is 6.06. The highest BCUT2D eigenvalue weighted by atomic mass is 32.2. The molecule has 34 heavy (non-hydrogen) atoms. The van der Waals surface area contributed by atoms with Crippen molar-refractivity contribution in [3.63, 3.8) is 0 Å². The predicted octanol–water partition coefficient (Wildman–Crippen LogP) is 4.10. The summed E-state index contributed by atoms with van der Waals surface area (Å²) in [5.41, 5.74) is 0.834. The number of hydrogen-bond acceptors (Lipinski definition) is 5. The molecule has 180 valence electrons. The molecule has 2 heterocycles. The van der Waals surface area contributed by atoms with Gasteiger partial charge in [0.1, 0.15) is 0 Å². The maximum absolute atomic E-state index is 13.4. The van der Waals surface area contributed by atoms with Gasteiger partial charge in [0, 0.05) is 24.2 Å². The Bertz CT molecular complexity index is 1390. The quantitative estimate of drug-likeness (QED) is 0.590. The van der Waals surface area contributed by atoms with Crippen LogP contribution in [0.1, 0.15) is 61.6 Å². The van der Waals surface area contributed by atoms with Crippen molar-refractivity contribution >= 4 is 32.4 Å². The molecule has 1 aliphatic rings. The Morgan fingerprint density at radius 3 is 2.29 bits per heavy atom. The molecule has 3 aromatic rings. The predicted molar refractivity (Wildman–Crippen MR) is 133 cm³/mol. The molecule has 0 saturated carbocycles. The maximum atomic E-state index is 13.4. The van der Waals surface area contributed by atoms with E-state index in [4.69, 9.17) is 0 Å². The zero-order valence-electron chi connectivity index (χ0n) is 19.7. The summed E-state index contributed by atoms with van der Waals surface area (Å²) in [6.45, 7) is 6.41. The third-order valence-corrected chi connectivity index (χ3v) is 8.20. The Kier molecular flexibility index (Phi) is 6.86. The number of amides is 1. The van der Waals surface area contributed by atoms with E-state index in [0.717, 1.165) is 25.7 Å². The Morgan fingerprint density at radius 2 is 1.65 bits per heavy atom. The van der Waals surface area contributed by atoms with Crippen LogP contribution >= 0.6 is 0 Å². The lowest BCUT2D eigenvalue weighted by atomic mass is 10.1. The zero-order valence-corrected chi connectivity index (χ0v) is 20.6. The molecule has 1 N–H and O–H groups in total. The monoisotopic (exact) mass is 482 g/mol. The number of nitrogens with zero attached hydrogens (tertiary/aromatic N) is 3. The first-order valence-electron chi connectivity index (χ1n) is 11.6. The first-order chi connectivity index (χ1) is 16.2. The van der Waals surface area contributed by atoms with Crippen LogP contribution in [0.25, 0.3) is 10.8 Å². The smallest absolute Gasteiger partial charge is 0.276 e. The van der Waals surface area contributed by atoms with Gasteiger partial charge in [-0.1, -0.05) is 37.1 Å². The van der Waals surface area contributed by atoms with Gasteiger partial charge in [-0.3, -0.25) is 9.59 Å². The molecule has 1 saturated heterocycles. The van der Waals surface area contributed by atoms with Crippen molar-refractivity contribution in [2.75, 3.05) is 18.4 Å². The van der Waals surface area contributed by atoms with Crippen LogP contribution in [0.2, 0.25) is 0 Å². The average molecular weight is 483 g/mol. The van der Waals surface area contributed by atoms with Crippen LogP contribution in [-0.4, -0.2) is 41.5 Å². The van der Waals surface area contributed by atoms with Gasteiger partial charge in [0.15, 0.2) is 5.69 Å². The van der Waals surface area contributed by atoms with Gasteiger partial charge in [-0.2, -0.15) is 9.40 Å². The third kappa shape index (κ3) is 4.63. The van der Waals surface area contributed by atoms with E-state index in [9.17, 15) is 18.0 Å². The SMILES string of the molecule is Cc1ccc(NC(=O)c2nn(C(C)C)c(=O)c3ccccc23)cc1S(=O)(=O)N1CCCCCC1. The fraction of sp³-hybridized carbons (Fsp3) is 0.400. The number of fused-ring (bicyclic) bond motifs is 1. The summed E-state index contributed by atoms with van der Waals surface area (Å²) < 4.78 is 29.6. The van der Waals surface area contributed by atoms with Gasteiger partial charge in [0.2, 0.25) is 10.0 Å². The summed E-state index contributed by atoms with van der Waals surface area (Å²) in [4.78, 5) is 26.2. The van der Waals surface area contributed by atoms with Crippen molar-refractivity contribution < 1.29 is 13.2 Å². The van der Waals surface area contributed by atoms with E-state index in [2.05, 4.69) is 10.4 Å². The van der Waals surface area contributed by atoms with Crippen molar-refractivity contribution in [3.8, 4) is 0 Å². The molecule has 1 fully saturated rings. The minimum Gasteiger partial charge on any atom is -0.321 e. The number of anilines is 1. The second-order valence-corrected chi connectivity index (χ2v) is 10.9. The molecular formula is C25H30N4O4S. The Morgan fingerprint density at radius 1 is 1.00 bits per heavy atom. The lowest BCUT2D eigenvalue weighted by Gasteiger charge is -2.21. The average Bonchev–Trinajstić information content (AvgIpc) is 3.10. The van der Waals surface area contributed by atoms with E-state index in [1.54, 1.807) is 47.6 Å². The van der Waals surface area contributed by atoms with E-state index in [1.807, 2.05) is 13.8 Å². The molecule has 2 aromatic carbocycles. The summed E-state index contributed by atoms with van der Waals surface area (Å²) in [5.74, 6) is -0.507. The third-order valence-electron chi connectivity index (χ3n) is 6.16. The zero-order chi connectivity index (χ0) is 24.5. The number of carbonyl (C=O) groups is 1. The fourth-order valence-electron chi connectivity index (χ4n) is 4.29. The number of carbonyl (C=O) groups excluding carboxylic acids is 1. The number of hydrogen-bond donors (Lipinski definition) is 1. The van der Waals surface area contributed by atoms with Crippen molar-refractivity contribution in [2.45, 2.75) is 57.4 Å². The van der Waals surface area contributed by atoms with Gasteiger partial charge in [0.25, 0.3) is 11.5 Å². The van der Waals surface area contributed by atoms with Crippen LogP contribution < -0.4 is 10.9 Å². The molecule has 0 aliphatic carbocycles. The topological polar surface area (TPSA) is 101 Å². The Balaban J connectivity index is 1.71. The van der Waals surface area contributed by atoms with Gasteiger partial charge in [-0.25, -0.2) is 13.1 Å². The van der Waals surface area contributed by atoms with Gasteiger partial charge in [-0.05, 0) is 57.4 Å². The molecule has 1 aliphatic heterocycles. The Hall–Kier alpha value is -3.04. The minimum atomic E-state index is -3.68. The minimum absolute atomic E-state index is 0.112. The van der Waals surface area contributed by atoms with Crippen molar-refractivity contribution in [1.82, 2.24) is 14.1 Å². The van der Waals surface area contributed by atoms with Gasteiger partial charge < -0.3 is 5.32 Å². The van der Waals surface area contributed by atoms with Crippen molar-refractivity contribution in [3.05, 3.63) is 64.1 Å². The van der Waals surface area contributed by atoms with Gasteiger partial charge in [0.05, 0.1) is 16.3 Å². The second-order valence-electron chi connectivity index (χ2n) is 8.99. The lowest BCUT2D eigenvalue weighted by Crippen LogP contribution is -2.32. The molecule has 0 unspecified atom stereocenters. The highest BCUT2D eigenvalue weighted by Gasteiger charge is 2.27. The highest BCUT2D eigenvalue weighted by molar-refractivity contribution is 7.89. The highest BCUT2D eigenvalue weighted by Crippen LogP contribution is 2.26. The van der Waals surface area contributed by atoms with E-state index in [-0.39, 0.29) is 22.2 Å². The van der Waals surface area contributed by atoms with Crippen molar-refractivity contribution in [1.29, 1.82) is 0 Å². The first kappa shape index (κ1) is 24.1. The lowest BCUT2D eigenvalue weighted by molar-refractivity contribution is 0.102. The molecule has 1 amide bonds. The summed E-state index contributed by atoms with van der Waals surface area (Å²) in [5, 5.41) is 7.98. The summed E-state index contributed by atoms with van der Waals surface area (Å²) in [6.07, 6.45) is 3.75. The van der Waals surface area contributed by atoms with Crippen LogP contribution in [0.15, 0.2) is 52.2 Å². The largest absolute Gasteiger partial charge is 0.321 e. The summed E-state index contributed by atoms with van der Waals surface area (Å²) in [6, 6.07) is 11.5. The molecule has 0 atom stereocenters. The van der Waals surface area contributed by atoms with E-state index < -0.39 is 15.9 Å². The number of rotatable bonds is 5. The molecule has 8 nitrogen and oxygen atoms in total. The summed E-state index contributed by atoms with van der Waals surface area (Å²) >= 11 is 0. The molecular weight excluding hydrogens is 452 g/mol. The van der Waals surface area contributed by atoms with Gasteiger partial charge in [-0.15, -0.1) is 0 Å². The van der Waals surface area contributed by atoms with Crippen molar-refractivity contribution in [2.24, 2.45) is 0 Å². The van der Waals surface area contributed by atoms with E-state index >= 15 is 0 Å². The molecule has 0 bridgehead atoms. The Labute approximate surface area is 199 Å². The summed E-state index contributed by atoms with van der Waals surface area (Å²) in [7, 11) is -3.68. The number of aromatic nitrogens is 2. The first-order valence-corrected chi connectivity index (χ1v) is 13.1. The number of nitrogens with one attached hydrogen (secondary N) is 1. The standard InChI is InChI=1S/C25H30N4O4S/c1-17(2)29-25(31)21-11-7-6-10-20(21)23(27-29)24(30)26-19-13-12-18(3)22(16-19)34(32,33)28-14-8-4-5-9-15-28/h6-7,10-13,16-17H,4-5,8-9,14-15H2,1-3H3,(H,26,30). The number of sulfonamides is 1. The second kappa shape index (κ2) is 9.68. The molecule has 4 rings (SSSR count). The molecule has 1 aromatic heterocycles. The van der Waals surface area contributed by atoms with Gasteiger partial charge >= 0.3 is 0 Å². The normalized spacial score (nSPS) is 15.4. The molecule has 9 heteroatoms. The van der Waals surface area contributed by atoms with Crippen LogP contribution in [0, 0.1) is 6.92 Å². The van der Waals surface area contributed by atoms with Crippen LogP contribution in [0.4, 0.5) is 5.69 Å².